The first kappa shape index (κ1) is 8.77. The number of carbonyl (C=O) groups is 1. The Kier molecular flexibility index (Phi) is 2.13. The molecule has 2 heterocycles. The van der Waals surface area contributed by atoms with E-state index < -0.39 is 12.2 Å². The van der Waals surface area contributed by atoms with Crippen LogP contribution in [0.4, 0.5) is 4.79 Å². The molecule has 2 rings (SSSR count). The maximum absolute atomic E-state index is 10.7. The van der Waals surface area contributed by atoms with Crippen LogP contribution in [-0.4, -0.2) is 35.6 Å². The molecule has 13 heavy (non-hydrogen) atoms. The van der Waals surface area contributed by atoms with Gasteiger partial charge in [-0.1, -0.05) is 0 Å². The van der Waals surface area contributed by atoms with Crippen LogP contribution in [0.1, 0.15) is 12.8 Å². The summed E-state index contributed by atoms with van der Waals surface area (Å²) in [5.74, 6) is 0. The van der Waals surface area contributed by atoms with Crippen LogP contribution < -0.4 is 5.32 Å². The van der Waals surface area contributed by atoms with Gasteiger partial charge in [-0.25, -0.2) is 4.79 Å². The van der Waals surface area contributed by atoms with Crippen LogP contribution in [0.25, 0.3) is 0 Å². The maximum Gasteiger partial charge on any atom is 0.407 e. The van der Waals surface area contributed by atoms with E-state index in [9.17, 15) is 9.90 Å². The van der Waals surface area contributed by atoms with Crippen LogP contribution in [-0.2, 0) is 9.47 Å². The van der Waals surface area contributed by atoms with Gasteiger partial charge in [0.1, 0.15) is 6.10 Å². The standard InChI is InChI=1S/C8H11NO4/c1-9-8(11)13-7-3-5-4(10)2-6(7)12-5/h1,4-7,10H,2-3H2,(H,9,11). The molecule has 0 aromatic carbocycles. The van der Waals surface area contributed by atoms with Gasteiger partial charge in [-0.2, -0.15) is 0 Å². The number of fused-ring (bicyclic) bond motifs is 2. The van der Waals surface area contributed by atoms with Crippen LogP contribution in [0.5, 0.6) is 0 Å². The SMILES string of the molecule is [CH]NC(=O)OC1CC2OC1CC2O. The number of nitrogens with one attached hydrogen (secondary N) is 1. The normalized spacial score (nSPS) is 42.0. The van der Waals surface area contributed by atoms with Crippen molar-refractivity contribution in [3.8, 4) is 0 Å². The molecule has 2 aliphatic rings. The highest BCUT2D eigenvalue weighted by Crippen LogP contribution is 2.36. The van der Waals surface area contributed by atoms with E-state index in [4.69, 9.17) is 16.5 Å². The summed E-state index contributed by atoms with van der Waals surface area (Å²) < 4.78 is 10.3. The second-order valence-corrected chi connectivity index (χ2v) is 3.34. The summed E-state index contributed by atoms with van der Waals surface area (Å²) >= 11 is 0. The zero-order valence-corrected chi connectivity index (χ0v) is 6.97. The molecule has 4 atom stereocenters. The van der Waals surface area contributed by atoms with E-state index in [2.05, 4.69) is 0 Å². The van der Waals surface area contributed by atoms with Crippen LogP contribution in [0.2, 0.25) is 0 Å². The number of amides is 1. The third-order valence-electron chi connectivity index (χ3n) is 2.51. The van der Waals surface area contributed by atoms with Gasteiger partial charge in [0.15, 0.2) is 0 Å². The molecule has 5 nitrogen and oxygen atoms in total. The average molecular weight is 185 g/mol. The van der Waals surface area contributed by atoms with E-state index in [1.807, 2.05) is 5.32 Å². The maximum atomic E-state index is 10.7. The fourth-order valence-electron chi connectivity index (χ4n) is 1.89. The van der Waals surface area contributed by atoms with E-state index in [1.165, 1.54) is 0 Å². The molecule has 0 spiro atoms. The average Bonchev–Trinajstić information content (AvgIpc) is 2.63. The van der Waals surface area contributed by atoms with E-state index in [-0.39, 0.29) is 18.3 Å². The van der Waals surface area contributed by atoms with Crippen molar-refractivity contribution in [3.63, 3.8) is 0 Å². The number of ether oxygens (including phenoxy) is 2. The van der Waals surface area contributed by atoms with Crippen molar-refractivity contribution in [2.75, 3.05) is 0 Å². The van der Waals surface area contributed by atoms with Gasteiger partial charge in [-0.3, -0.25) is 0 Å². The van der Waals surface area contributed by atoms with Gasteiger partial charge in [0.2, 0.25) is 0 Å². The smallest absolute Gasteiger partial charge is 0.407 e. The Morgan fingerprint density at radius 2 is 2.31 bits per heavy atom. The molecule has 0 aromatic heterocycles. The lowest BCUT2D eigenvalue weighted by Gasteiger charge is -2.21. The lowest BCUT2D eigenvalue weighted by atomic mass is 9.95. The molecule has 72 valence electrons. The molecule has 2 fully saturated rings. The highest BCUT2D eigenvalue weighted by atomic mass is 16.6. The summed E-state index contributed by atoms with van der Waals surface area (Å²) in [6, 6.07) is 0. The van der Waals surface area contributed by atoms with Crippen LogP contribution in [0, 0.1) is 7.05 Å². The van der Waals surface area contributed by atoms with Gasteiger partial charge < -0.3 is 19.9 Å². The van der Waals surface area contributed by atoms with E-state index in [0.29, 0.717) is 12.8 Å². The second kappa shape index (κ2) is 3.16. The molecule has 2 N–H and O–H groups in total. The molecule has 5 heteroatoms. The molecule has 4 unspecified atom stereocenters. The number of carbonyl (C=O) groups excluding carboxylic acids is 1. The van der Waals surface area contributed by atoms with Crippen molar-refractivity contribution < 1.29 is 19.4 Å². The monoisotopic (exact) mass is 185 g/mol. The third kappa shape index (κ3) is 1.49. The number of alkyl carbamates (subject to hydrolysis) is 1. The highest BCUT2D eigenvalue weighted by molar-refractivity contribution is 5.67. The zero-order valence-electron chi connectivity index (χ0n) is 6.97. The molecule has 2 bridgehead atoms. The van der Waals surface area contributed by atoms with Crippen LogP contribution in [0.3, 0.4) is 0 Å². The predicted molar refractivity (Wildman–Crippen MR) is 41.6 cm³/mol. The molecular formula is C8H11NO4. The van der Waals surface area contributed by atoms with E-state index in [1.54, 1.807) is 0 Å². The Morgan fingerprint density at radius 3 is 2.77 bits per heavy atom. The zero-order chi connectivity index (χ0) is 9.42. The van der Waals surface area contributed by atoms with E-state index in [0.717, 1.165) is 0 Å². The Bertz CT molecular complexity index is 218. The number of hydrogen-bond acceptors (Lipinski definition) is 4. The minimum absolute atomic E-state index is 0.169. The van der Waals surface area contributed by atoms with Crippen molar-refractivity contribution in [3.05, 3.63) is 7.05 Å². The summed E-state index contributed by atoms with van der Waals surface area (Å²) in [5.41, 5.74) is 0. The molecule has 2 radical (unpaired) electrons. The highest BCUT2D eigenvalue weighted by Gasteiger charge is 2.48. The lowest BCUT2D eigenvalue weighted by Crippen LogP contribution is -2.35. The Balaban J connectivity index is 1.88. The topological polar surface area (TPSA) is 67.8 Å². The first-order valence-electron chi connectivity index (χ1n) is 4.21. The largest absolute Gasteiger partial charge is 0.443 e. The minimum Gasteiger partial charge on any atom is -0.443 e. The van der Waals surface area contributed by atoms with Crippen molar-refractivity contribution >= 4 is 6.09 Å². The van der Waals surface area contributed by atoms with Crippen LogP contribution in [0.15, 0.2) is 0 Å². The molecule has 2 aliphatic heterocycles. The number of rotatable bonds is 1. The molecular weight excluding hydrogens is 174 g/mol. The van der Waals surface area contributed by atoms with Gasteiger partial charge >= 0.3 is 6.09 Å². The van der Waals surface area contributed by atoms with Gasteiger partial charge in [0, 0.05) is 12.8 Å². The summed E-state index contributed by atoms with van der Waals surface area (Å²) in [6.45, 7) is 0. The fraction of sp³-hybridized carbons (Fsp3) is 0.750. The number of aliphatic hydroxyl groups excluding tert-OH is 1. The molecule has 1 amide bonds. The first-order valence-corrected chi connectivity index (χ1v) is 4.21. The number of aliphatic hydroxyl groups is 1. The molecule has 0 saturated carbocycles. The summed E-state index contributed by atoms with van der Waals surface area (Å²) in [5, 5.41) is 11.2. The van der Waals surface area contributed by atoms with Crippen molar-refractivity contribution in [2.24, 2.45) is 0 Å². The minimum atomic E-state index is -0.657. The lowest BCUT2D eigenvalue weighted by molar-refractivity contribution is 0.0361. The van der Waals surface area contributed by atoms with Gasteiger partial charge in [0.25, 0.3) is 0 Å². The number of hydrogen-bond donors (Lipinski definition) is 2. The molecule has 2 saturated heterocycles. The van der Waals surface area contributed by atoms with Crippen molar-refractivity contribution in [1.82, 2.24) is 5.32 Å². The van der Waals surface area contributed by atoms with Gasteiger partial charge in [-0.15, -0.1) is 0 Å². The van der Waals surface area contributed by atoms with Gasteiger partial charge in [-0.05, 0) is 0 Å². The van der Waals surface area contributed by atoms with Gasteiger partial charge in [0.05, 0.1) is 25.4 Å². The molecule has 0 aromatic rings. The molecule has 0 aliphatic carbocycles. The second-order valence-electron chi connectivity index (χ2n) is 3.34. The van der Waals surface area contributed by atoms with Crippen molar-refractivity contribution in [1.29, 1.82) is 0 Å². The predicted octanol–water partition coefficient (Wildman–Crippen LogP) is -0.328. The van der Waals surface area contributed by atoms with E-state index >= 15 is 0 Å². The Hall–Kier alpha value is -0.810. The fourth-order valence-corrected chi connectivity index (χ4v) is 1.89. The summed E-state index contributed by atoms with van der Waals surface area (Å²) in [6.07, 6.45) is -0.594. The first-order chi connectivity index (χ1) is 6.20. The third-order valence-corrected chi connectivity index (χ3v) is 2.51. The summed E-state index contributed by atoms with van der Waals surface area (Å²) in [4.78, 5) is 10.7. The summed E-state index contributed by atoms with van der Waals surface area (Å²) in [7, 11) is 4.86. The Labute approximate surface area is 76.0 Å². The van der Waals surface area contributed by atoms with Crippen molar-refractivity contribution in [2.45, 2.75) is 37.3 Å². The van der Waals surface area contributed by atoms with Crippen LogP contribution >= 0.6 is 0 Å². The Morgan fingerprint density at radius 1 is 1.54 bits per heavy atom. The quantitative estimate of drug-likeness (QED) is 0.549.